The number of carbonyl (C=O) groups excluding carboxylic acids is 4. The van der Waals surface area contributed by atoms with Gasteiger partial charge >= 0.3 is 12.1 Å². The molecule has 228 valence electrons. The van der Waals surface area contributed by atoms with Gasteiger partial charge < -0.3 is 21.7 Å². The van der Waals surface area contributed by atoms with Crippen LogP contribution in [-0.4, -0.2) is 55.0 Å². The van der Waals surface area contributed by atoms with Crippen LogP contribution in [0.2, 0.25) is 0 Å². The van der Waals surface area contributed by atoms with Crippen LogP contribution in [0.4, 0.5) is 9.59 Å². The van der Waals surface area contributed by atoms with Crippen molar-refractivity contribution in [2.24, 2.45) is 11.7 Å². The molecule has 0 saturated heterocycles. The largest absolute Gasteiger partial charge is 0.369 e. The fraction of sp³-hybridized carbons (Fsp3) is 0.867. The van der Waals surface area contributed by atoms with E-state index in [0.29, 0.717) is 39.0 Å². The minimum absolute atomic E-state index is 0.272. The Bertz CT molecular complexity index is 659. The molecular weight excluding hydrogens is 494 g/mol. The average Bonchev–Trinajstić information content (AvgIpc) is 2.91. The monoisotopic (exact) mass is 553 g/mol. The number of hydrogen-bond acceptors (Lipinski definition) is 4. The summed E-state index contributed by atoms with van der Waals surface area (Å²) in [6.45, 7) is 8.52. The first-order valence-corrected chi connectivity index (χ1v) is 15.8. The normalized spacial score (nSPS) is 11.6. The van der Waals surface area contributed by atoms with Gasteiger partial charge in [0.1, 0.15) is 5.92 Å². The number of unbranched alkanes of at least 4 members (excludes halogenated alkanes) is 13. The molecule has 9 nitrogen and oxygen atoms in total. The Hall–Kier alpha value is -2.32. The molecule has 1 unspecified atom stereocenters. The summed E-state index contributed by atoms with van der Waals surface area (Å²) in [5, 5.41) is 8.64. The number of carbonyl (C=O) groups is 4. The van der Waals surface area contributed by atoms with E-state index in [-0.39, 0.29) is 18.0 Å². The van der Waals surface area contributed by atoms with Gasteiger partial charge in [-0.2, -0.15) is 0 Å². The number of primary amides is 1. The molecule has 0 aliphatic heterocycles. The maximum atomic E-state index is 12.8. The molecule has 0 rings (SSSR count). The van der Waals surface area contributed by atoms with Crippen molar-refractivity contribution < 1.29 is 19.2 Å². The zero-order chi connectivity index (χ0) is 29.1. The molecule has 0 aliphatic carbocycles. The Labute approximate surface area is 238 Å². The van der Waals surface area contributed by atoms with E-state index < -0.39 is 11.8 Å². The zero-order valence-electron chi connectivity index (χ0n) is 25.3. The van der Waals surface area contributed by atoms with Crippen LogP contribution >= 0.6 is 0 Å². The Morgan fingerprint density at radius 2 is 0.974 bits per heavy atom. The Kier molecular flexibility index (Phi) is 24.4. The van der Waals surface area contributed by atoms with Gasteiger partial charge in [0, 0.05) is 26.2 Å². The lowest BCUT2D eigenvalue weighted by Gasteiger charge is -2.22. The van der Waals surface area contributed by atoms with Gasteiger partial charge in [0.25, 0.3) is 0 Å². The molecule has 0 aromatic heterocycles. The minimum Gasteiger partial charge on any atom is -0.369 e. The van der Waals surface area contributed by atoms with Crippen molar-refractivity contribution in [3.05, 3.63) is 0 Å². The van der Waals surface area contributed by atoms with Gasteiger partial charge in [0.2, 0.25) is 11.8 Å². The van der Waals surface area contributed by atoms with Gasteiger partial charge in [-0.25, -0.2) is 14.5 Å². The number of urea groups is 2. The number of rotatable bonds is 25. The topological polar surface area (TPSA) is 134 Å². The SMILES string of the molecule is CCCCCCCNC(=O)N(CCCCCCCC(C(N)=O)C(=O)NCCCCC)C(=O)NCCCCCC. The second kappa shape index (κ2) is 25.9. The predicted molar refractivity (Wildman–Crippen MR) is 159 cm³/mol. The van der Waals surface area contributed by atoms with E-state index in [4.69, 9.17) is 5.73 Å². The summed E-state index contributed by atoms with van der Waals surface area (Å²) in [6.07, 6.45) is 17.3. The average molecular weight is 554 g/mol. The molecule has 5 N–H and O–H groups in total. The predicted octanol–water partition coefficient (Wildman–Crippen LogP) is 6.01. The van der Waals surface area contributed by atoms with Crippen molar-refractivity contribution in [1.82, 2.24) is 20.9 Å². The summed E-state index contributed by atoms with van der Waals surface area (Å²) in [7, 11) is 0. The van der Waals surface area contributed by atoms with Gasteiger partial charge in [-0.1, -0.05) is 104 Å². The molecular formula is C30H59N5O4. The number of nitrogens with zero attached hydrogens (tertiary/aromatic N) is 1. The molecule has 0 aromatic rings. The molecule has 0 aliphatic rings. The molecule has 6 amide bonds. The van der Waals surface area contributed by atoms with Crippen molar-refractivity contribution in [1.29, 1.82) is 0 Å². The second-order valence-corrected chi connectivity index (χ2v) is 10.6. The van der Waals surface area contributed by atoms with Crippen LogP contribution < -0.4 is 21.7 Å². The number of imide groups is 1. The smallest absolute Gasteiger partial charge is 0.325 e. The van der Waals surface area contributed by atoms with E-state index in [1.54, 1.807) is 0 Å². The van der Waals surface area contributed by atoms with E-state index in [1.807, 2.05) is 0 Å². The molecule has 0 saturated carbocycles. The Balaban J connectivity index is 4.47. The number of amides is 6. The highest BCUT2D eigenvalue weighted by molar-refractivity contribution is 5.99. The quantitative estimate of drug-likeness (QED) is 0.0814. The second-order valence-electron chi connectivity index (χ2n) is 10.6. The molecule has 39 heavy (non-hydrogen) atoms. The third-order valence-electron chi connectivity index (χ3n) is 6.97. The number of nitrogens with one attached hydrogen (secondary N) is 3. The first-order chi connectivity index (χ1) is 18.9. The first-order valence-electron chi connectivity index (χ1n) is 15.8. The van der Waals surface area contributed by atoms with Gasteiger partial charge in [0.15, 0.2) is 0 Å². The third-order valence-corrected chi connectivity index (χ3v) is 6.97. The van der Waals surface area contributed by atoms with E-state index >= 15 is 0 Å². The lowest BCUT2D eigenvalue weighted by Crippen LogP contribution is -2.49. The van der Waals surface area contributed by atoms with Crippen molar-refractivity contribution in [3.8, 4) is 0 Å². The molecule has 0 bridgehead atoms. The van der Waals surface area contributed by atoms with Crippen LogP contribution in [0.15, 0.2) is 0 Å². The van der Waals surface area contributed by atoms with Gasteiger partial charge in [-0.05, 0) is 32.1 Å². The van der Waals surface area contributed by atoms with Crippen molar-refractivity contribution in [2.75, 3.05) is 26.2 Å². The van der Waals surface area contributed by atoms with Crippen molar-refractivity contribution in [2.45, 2.75) is 136 Å². The summed E-state index contributed by atoms with van der Waals surface area (Å²) >= 11 is 0. The van der Waals surface area contributed by atoms with Gasteiger partial charge in [-0.15, -0.1) is 0 Å². The summed E-state index contributed by atoms with van der Waals surface area (Å²) < 4.78 is 0. The van der Waals surface area contributed by atoms with E-state index in [2.05, 4.69) is 36.7 Å². The molecule has 0 spiro atoms. The molecule has 0 fully saturated rings. The number of nitrogens with two attached hydrogens (primary N) is 1. The van der Waals surface area contributed by atoms with E-state index in [1.165, 1.54) is 17.7 Å². The molecule has 0 radical (unpaired) electrons. The standard InChI is InChI=1S/C30H59N5O4/c1-4-7-10-14-19-24-34-30(39)35(29(38)33-23-18-11-8-5-2)25-20-15-12-13-16-21-26(27(31)36)28(37)32-22-17-9-6-3/h26H,4-25H2,1-3H3,(H2,31,36)(H,32,37)(H,33,38)(H,34,39). The van der Waals surface area contributed by atoms with Gasteiger partial charge in [-0.3, -0.25) is 9.59 Å². The molecule has 1 atom stereocenters. The van der Waals surface area contributed by atoms with E-state index in [0.717, 1.165) is 89.9 Å². The van der Waals surface area contributed by atoms with Crippen molar-refractivity contribution >= 4 is 23.9 Å². The summed E-state index contributed by atoms with van der Waals surface area (Å²) in [5.41, 5.74) is 5.46. The maximum Gasteiger partial charge on any atom is 0.325 e. The summed E-state index contributed by atoms with van der Waals surface area (Å²) in [5.74, 6) is -1.63. The minimum atomic E-state index is -0.784. The maximum absolute atomic E-state index is 12.8. The van der Waals surface area contributed by atoms with Crippen LogP contribution in [0.3, 0.4) is 0 Å². The zero-order valence-corrected chi connectivity index (χ0v) is 25.3. The Morgan fingerprint density at radius 1 is 0.564 bits per heavy atom. The van der Waals surface area contributed by atoms with Crippen LogP contribution in [0.25, 0.3) is 0 Å². The van der Waals surface area contributed by atoms with Crippen molar-refractivity contribution in [3.63, 3.8) is 0 Å². The van der Waals surface area contributed by atoms with Crippen LogP contribution in [0.1, 0.15) is 136 Å². The van der Waals surface area contributed by atoms with Crippen LogP contribution in [-0.2, 0) is 9.59 Å². The fourth-order valence-electron chi connectivity index (χ4n) is 4.42. The molecule has 9 heteroatoms. The van der Waals surface area contributed by atoms with Gasteiger partial charge in [0.05, 0.1) is 0 Å². The Morgan fingerprint density at radius 3 is 1.54 bits per heavy atom. The summed E-state index contributed by atoms with van der Waals surface area (Å²) in [6, 6.07) is -0.657. The lowest BCUT2D eigenvalue weighted by molar-refractivity contribution is -0.133. The highest BCUT2D eigenvalue weighted by atomic mass is 16.2. The first kappa shape index (κ1) is 36.7. The summed E-state index contributed by atoms with van der Waals surface area (Å²) in [4.78, 5) is 50.8. The fourth-order valence-corrected chi connectivity index (χ4v) is 4.42. The number of hydrogen-bond donors (Lipinski definition) is 4. The van der Waals surface area contributed by atoms with Crippen LogP contribution in [0, 0.1) is 5.92 Å². The van der Waals surface area contributed by atoms with Crippen LogP contribution in [0.5, 0.6) is 0 Å². The lowest BCUT2D eigenvalue weighted by atomic mass is 9.98. The van der Waals surface area contributed by atoms with E-state index in [9.17, 15) is 19.2 Å². The third kappa shape index (κ3) is 20.3. The molecule has 0 aromatic carbocycles. The molecule has 0 heterocycles. The highest BCUT2D eigenvalue weighted by Crippen LogP contribution is 2.13. The highest BCUT2D eigenvalue weighted by Gasteiger charge is 2.23.